The van der Waals surface area contributed by atoms with E-state index in [1.807, 2.05) is 0 Å². The van der Waals surface area contributed by atoms with Gasteiger partial charge in [0.05, 0.1) is 0 Å². The molecule has 0 fully saturated rings. The van der Waals surface area contributed by atoms with Crippen LogP contribution in [0.4, 0.5) is 0 Å². The SMILES string of the molecule is O.[I][V][I]. The minimum absolute atomic E-state index is 0. The van der Waals surface area contributed by atoms with Crippen LogP contribution in [0, 0.1) is 0 Å². The third-order valence-electron chi connectivity index (χ3n) is 0. The summed E-state index contributed by atoms with van der Waals surface area (Å²) in [6.45, 7) is 0. The summed E-state index contributed by atoms with van der Waals surface area (Å²) in [6.07, 6.45) is 0. The van der Waals surface area contributed by atoms with Gasteiger partial charge in [0.25, 0.3) is 0 Å². The Bertz CT molecular complexity index is 6.00. The summed E-state index contributed by atoms with van der Waals surface area (Å²) in [4.78, 5) is 0. The molecule has 0 heterocycles. The summed E-state index contributed by atoms with van der Waals surface area (Å²) in [5, 5.41) is 0. The summed E-state index contributed by atoms with van der Waals surface area (Å²) in [7, 11) is 0.628. The van der Waals surface area contributed by atoms with Crippen molar-refractivity contribution < 1.29 is 14.9 Å². The second kappa shape index (κ2) is 8.89. The summed E-state index contributed by atoms with van der Waals surface area (Å²) in [5.41, 5.74) is 0. The summed E-state index contributed by atoms with van der Waals surface area (Å²) < 4.78 is 0. The standard InChI is InChI=1S/2HI.H2O.V/h2*1H;1H2;/q;;;+2/p-2. The van der Waals surface area contributed by atoms with Gasteiger partial charge in [-0.25, -0.2) is 0 Å². The molecule has 0 unspecified atom stereocenters. The van der Waals surface area contributed by atoms with Crippen molar-refractivity contribution in [3.8, 4) is 0 Å². The van der Waals surface area contributed by atoms with Crippen LogP contribution in [-0.4, -0.2) is 5.48 Å². The molecular formula is H2I2OV. The Balaban J connectivity index is 0. The average Bonchev–Trinajstić information content (AvgIpc) is 0.918. The van der Waals surface area contributed by atoms with Crippen LogP contribution in [0.25, 0.3) is 0 Å². The van der Waals surface area contributed by atoms with Crippen LogP contribution < -0.4 is 0 Å². The van der Waals surface area contributed by atoms with Gasteiger partial charge in [-0.1, -0.05) is 0 Å². The van der Waals surface area contributed by atoms with Crippen molar-refractivity contribution in [1.82, 2.24) is 0 Å². The third-order valence-corrected chi connectivity index (χ3v) is 0. The average molecular weight is 323 g/mol. The van der Waals surface area contributed by atoms with E-state index in [1.54, 1.807) is 0 Å². The first kappa shape index (κ1) is 9.38. The first-order valence-electron chi connectivity index (χ1n) is 0.338. The van der Waals surface area contributed by atoms with Crippen molar-refractivity contribution in [2.75, 3.05) is 0 Å². The molecule has 0 aliphatic carbocycles. The van der Waals surface area contributed by atoms with E-state index >= 15 is 0 Å². The monoisotopic (exact) mass is 323 g/mol. The molecule has 0 aliphatic rings. The van der Waals surface area contributed by atoms with Crippen LogP contribution in [0.1, 0.15) is 0 Å². The molecule has 0 aromatic rings. The number of hydrogen-bond acceptors (Lipinski definition) is 0. The quantitative estimate of drug-likeness (QED) is 0.595. The molecule has 4 heteroatoms. The van der Waals surface area contributed by atoms with Crippen LogP contribution in [0.15, 0.2) is 0 Å². The molecule has 0 rings (SSSR count). The van der Waals surface area contributed by atoms with E-state index in [1.165, 1.54) is 0 Å². The fourth-order valence-corrected chi connectivity index (χ4v) is 0. The van der Waals surface area contributed by atoms with Gasteiger partial charge in [-0.15, -0.1) is 0 Å². The predicted molar refractivity (Wildman–Crippen MR) is 31.7 cm³/mol. The molecule has 1 nitrogen and oxygen atoms in total. The van der Waals surface area contributed by atoms with Crippen LogP contribution in [-0.2, 0) is 9.47 Å². The topological polar surface area (TPSA) is 31.5 Å². The van der Waals surface area contributed by atoms with E-state index in [-0.39, 0.29) is 5.48 Å². The van der Waals surface area contributed by atoms with Gasteiger partial charge in [-0.05, 0) is 0 Å². The fourth-order valence-electron chi connectivity index (χ4n) is 0. The molecule has 2 N–H and O–H groups in total. The molecule has 0 spiro atoms. The van der Waals surface area contributed by atoms with Crippen molar-refractivity contribution >= 4 is 40.0 Å². The van der Waals surface area contributed by atoms with Crippen molar-refractivity contribution in [2.45, 2.75) is 0 Å². The zero-order valence-electron chi connectivity index (χ0n) is 1.70. The molecule has 0 saturated carbocycles. The van der Waals surface area contributed by atoms with E-state index in [9.17, 15) is 0 Å². The zero-order valence-corrected chi connectivity index (χ0v) is 7.41. The maximum absolute atomic E-state index is 2.37. The second-order valence-electron chi connectivity index (χ2n) is 0.0639. The Hall–Kier alpha value is 2.00. The zero-order chi connectivity index (χ0) is 2.71. The van der Waals surface area contributed by atoms with Crippen molar-refractivity contribution in [1.29, 1.82) is 0 Å². The molecule has 0 aromatic heterocycles. The first-order chi connectivity index (χ1) is 1.41. The van der Waals surface area contributed by atoms with Gasteiger partial charge in [0.15, 0.2) is 0 Å². The Morgan fingerprint density at radius 3 is 1.25 bits per heavy atom. The van der Waals surface area contributed by atoms with Crippen LogP contribution in [0.2, 0.25) is 0 Å². The van der Waals surface area contributed by atoms with Gasteiger partial charge in [-0.3, -0.25) is 0 Å². The van der Waals surface area contributed by atoms with Crippen LogP contribution in [0.5, 0.6) is 0 Å². The van der Waals surface area contributed by atoms with Gasteiger partial charge < -0.3 is 5.48 Å². The maximum atomic E-state index is 2.37. The second-order valence-corrected chi connectivity index (χ2v) is 11.9. The van der Waals surface area contributed by atoms with E-state index in [0.29, 0.717) is 9.47 Å². The molecular weight excluding hydrogens is 321 g/mol. The Morgan fingerprint density at radius 2 is 1.25 bits per heavy atom. The Labute approximate surface area is 54.1 Å². The Kier molecular flexibility index (Phi) is 20.8. The number of rotatable bonds is 0. The molecule has 4 heavy (non-hydrogen) atoms. The van der Waals surface area contributed by atoms with Crippen molar-refractivity contribution in [3.05, 3.63) is 0 Å². The first-order valence-corrected chi connectivity index (χ1v) is 9.35. The van der Waals surface area contributed by atoms with Gasteiger partial charge in [0, 0.05) is 0 Å². The van der Waals surface area contributed by atoms with E-state index < -0.39 is 0 Å². The molecule has 0 radical (unpaired) electrons. The summed E-state index contributed by atoms with van der Waals surface area (Å²) in [5.74, 6) is 0. The van der Waals surface area contributed by atoms with Crippen LogP contribution >= 0.6 is 40.0 Å². The van der Waals surface area contributed by atoms with E-state index in [0.717, 1.165) is 0 Å². The van der Waals surface area contributed by atoms with E-state index in [2.05, 4.69) is 40.0 Å². The van der Waals surface area contributed by atoms with Crippen molar-refractivity contribution in [2.24, 2.45) is 0 Å². The van der Waals surface area contributed by atoms with Gasteiger partial charge >= 0.3 is 49.4 Å². The molecule has 0 atom stereocenters. The molecule has 0 aromatic carbocycles. The normalized spacial score (nSPS) is 3.50. The molecule has 0 amide bonds. The predicted octanol–water partition coefficient (Wildman–Crippen LogP) is 0.944. The molecule has 27 valence electrons. The van der Waals surface area contributed by atoms with Gasteiger partial charge in [0.1, 0.15) is 0 Å². The number of halogens is 2. The molecule has 0 aliphatic heterocycles. The van der Waals surface area contributed by atoms with E-state index in [4.69, 9.17) is 0 Å². The molecule has 0 bridgehead atoms. The van der Waals surface area contributed by atoms with Gasteiger partial charge in [0.2, 0.25) is 0 Å². The third kappa shape index (κ3) is 9.00. The van der Waals surface area contributed by atoms with Crippen molar-refractivity contribution in [3.63, 3.8) is 0 Å². The Morgan fingerprint density at radius 1 is 1.25 bits per heavy atom. The van der Waals surface area contributed by atoms with Crippen LogP contribution in [0.3, 0.4) is 0 Å². The minimum atomic E-state index is 0. The van der Waals surface area contributed by atoms with Gasteiger partial charge in [-0.2, -0.15) is 0 Å². The fraction of sp³-hybridized carbons (Fsp3) is 0. The summed E-state index contributed by atoms with van der Waals surface area (Å²) >= 11 is 4.74. The summed E-state index contributed by atoms with van der Waals surface area (Å²) in [6, 6.07) is 0. The number of hydrogen-bond donors (Lipinski definition) is 0. The molecule has 0 saturated heterocycles.